The lowest BCUT2D eigenvalue weighted by molar-refractivity contribution is 0.307. The molecule has 1 unspecified atom stereocenters. The quantitative estimate of drug-likeness (QED) is 0.931. The second-order valence-electron chi connectivity index (χ2n) is 6.33. The highest BCUT2D eigenvalue weighted by molar-refractivity contribution is 5.25. The Morgan fingerprint density at radius 1 is 1.23 bits per heavy atom. The predicted molar refractivity (Wildman–Crippen MR) is 84.2 cm³/mol. The summed E-state index contributed by atoms with van der Waals surface area (Å²) >= 11 is 0. The van der Waals surface area contributed by atoms with Gasteiger partial charge in [0.15, 0.2) is 0 Å². The van der Waals surface area contributed by atoms with Crippen LogP contribution in [0.15, 0.2) is 18.6 Å². The Bertz CT molecular complexity index is 664. The molecule has 2 aromatic heterocycles. The Morgan fingerprint density at radius 3 is 3.05 bits per heavy atom. The van der Waals surface area contributed by atoms with Crippen LogP contribution in [-0.4, -0.2) is 37.5 Å². The summed E-state index contributed by atoms with van der Waals surface area (Å²) in [5, 5.41) is 0. The molecule has 116 valence electrons. The topological polar surface area (TPSA) is 72.9 Å². The van der Waals surface area contributed by atoms with Crippen molar-refractivity contribution in [1.82, 2.24) is 24.4 Å². The summed E-state index contributed by atoms with van der Waals surface area (Å²) in [6, 6.07) is 2.27. The van der Waals surface area contributed by atoms with Crippen molar-refractivity contribution in [3.63, 3.8) is 0 Å². The van der Waals surface area contributed by atoms with Crippen LogP contribution in [0, 0.1) is 0 Å². The van der Waals surface area contributed by atoms with E-state index in [1.807, 2.05) is 0 Å². The van der Waals surface area contributed by atoms with Gasteiger partial charge < -0.3 is 10.3 Å². The highest BCUT2D eigenvalue weighted by atomic mass is 15.2. The highest BCUT2D eigenvalue weighted by Crippen LogP contribution is 2.28. The number of rotatable bonds is 3. The molecule has 0 spiro atoms. The molecular weight excluding hydrogens is 276 g/mol. The highest BCUT2D eigenvalue weighted by Gasteiger charge is 2.27. The van der Waals surface area contributed by atoms with E-state index in [9.17, 15) is 0 Å². The van der Waals surface area contributed by atoms with Gasteiger partial charge in [-0.25, -0.2) is 15.0 Å². The van der Waals surface area contributed by atoms with Crippen molar-refractivity contribution < 1.29 is 0 Å². The molecule has 0 radical (unpaired) electrons. The van der Waals surface area contributed by atoms with Gasteiger partial charge in [-0.15, -0.1) is 0 Å². The van der Waals surface area contributed by atoms with Crippen molar-refractivity contribution >= 4 is 5.82 Å². The number of nitrogen functional groups attached to an aromatic ring is 1. The van der Waals surface area contributed by atoms with Crippen LogP contribution in [0.5, 0.6) is 0 Å². The number of hydrogen-bond donors (Lipinski definition) is 1. The van der Waals surface area contributed by atoms with Gasteiger partial charge in [-0.1, -0.05) is 0 Å². The minimum Gasteiger partial charge on any atom is -0.384 e. The molecule has 1 aliphatic heterocycles. The molecule has 0 bridgehead atoms. The number of likely N-dealkylation sites (tertiary alicyclic amines) is 1. The fraction of sp³-hybridized carbons (Fsp3) is 0.562. The lowest BCUT2D eigenvalue weighted by Crippen LogP contribution is -2.23. The molecule has 1 fully saturated rings. The number of nitrogens with two attached hydrogens (primary N) is 1. The number of anilines is 1. The second kappa shape index (κ2) is 5.68. The summed E-state index contributed by atoms with van der Waals surface area (Å²) in [7, 11) is 0. The lowest BCUT2D eigenvalue weighted by atomic mass is 10.0. The molecule has 22 heavy (non-hydrogen) atoms. The van der Waals surface area contributed by atoms with E-state index in [0.29, 0.717) is 11.9 Å². The van der Waals surface area contributed by atoms with Gasteiger partial charge in [-0.05, 0) is 38.2 Å². The number of nitrogens with zero attached hydrogens (tertiary/aromatic N) is 5. The maximum Gasteiger partial charge on any atom is 0.144 e. The van der Waals surface area contributed by atoms with E-state index >= 15 is 0 Å². The summed E-state index contributed by atoms with van der Waals surface area (Å²) in [5.74, 6) is 1.36. The third-order valence-corrected chi connectivity index (χ3v) is 4.79. The summed E-state index contributed by atoms with van der Waals surface area (Å²) in [5.41, 5.74) is 8.53. The minimum atomic E-state index is 0.537. The fourth-order valence-electron chi connectivity index (χ4n) is 3.68. The molecule has 2 aromatic rings. The Hall–Kier alpha value is -1.95. The first-order valence-electron chi connectivity index (χ1n) is 8.14. The number of fused-ring (bicyclic) bond motifs is 1. The molecule has 1 atom stereocenters. The van der Waals surface area contributed by atoms with Crippen molar-refractivity contribution in [1.29, 1.82) is 0 Å². The summed E-state index contributed by atoms with van der Waals surface area (Å²) in [4.78, 5) is 15.6. The van der Waals surface area contributed by atoms with Gasteiger partial charge in [0.1, 0.15) is 11.6 Å². The van der Waals surface area contributed by atoms with E-state index < -0.39 is 0 Å². The van der Waals surface area contributed by atoms with Crippen molar-refractivity contribution in [2.45, 2.75) is 44.7 Å². The van der Waals surface area contributed by atoms with Crippen LogP contribution >= 0.6 is 0 Å². The summed E-state index contributed by atoms with van der Waals surface area (Å²) < 4.78 is 2.43. The molecule has 2 N–H and O–H groups in total. The van der Waals surface area contributed by atoms with E-state index in [0.717, 1.165) is 31.9 Å². The standard InChI is InChI=1S/C16H22N6/c17-15-5-7-18-16(20-15)10-21-8-6-12(9-21)22-11-19-13-3-1-2-4-14(13)22/h5,7,11-12H,1-4,6,8-10H2,(H2,17,18,20). The van der Waals surface area contributed by atoms with Gasteiger partial charge in [0.05, 0.1) is 18.6 Å². The molecular formula is C16H22N6. The average molecular weight is 298 g/mol. The van der Waals surface area contributed by atoms with Gasteiger partial charge in [-0.3, -0.25) is 4.90 Å². The van der Waals surface area contributed by atoms with Gasteiger partial charge >= 0.3 is 0 Å². The first kappa shape index (κ1) is 13.7. The Morgan fingerprint density at radius 2 is 2.14 bits per heavy atom. The number of imidazole rings is 1. The number of aryl methyl sites for hydroxylation is 1. The number of aromatic nitrogens is 4. The third-order valence-electron chi connectivity index (χ3n) is 4.79. The molecule has 0 amide bonds. The van der Waals surface area contributed by atoms with Crippen LogP contribution in [0.25, 0.3) is 0 Å². The van der Waals surface area contributed by atoms with Crippen LogP contribution in [-0.2, 0) is 19.4 Å². The third kappa shape index (κ3) is 2.59. The largest absolute Gasteiger partial charge is 0.384 e. The zero-order chi connectivity index (χ0) is 14.9. The van der Waals surface area contributed by atoms with Crippen LogP contribution in [0.3, 0.4) is 0 Å². The molecule has 3 heterocycles. The molecule has 1 saturated heterocycles. The second-order valence-corrected chi connectivity index (χ2v) is 6.33. The molecule has 1 aliphatic carbocycles. The molecule has 2 aliphatic rings. The van der Waals surface area contributed by atoms with Gasteiger partial charge in [-0.2, -0.15) is 0 Å². The summed E-state index contributed by atoms with van der Waals surface area (Å²) in [6.07, 6.45) is 9.88. The van der Waals surface area contributed by atoms with Gasteiger partial charge in [0.2, 0.25) is 0 Å². The first-order chi connectivity index (χ1) is 10.8. The molecule has 0 saturated carbocycles. The lowest BCUT2D eigenvalue weighted by Gasteiger charge is -2.20. The number of hydrogen-bond acceptors (Lipinski definition) is 5. The smallest absolute Gasteiger partial charge is 0.144 e. The van der Waals surface area contributed by atoms with Gasteiger partial charge in [0.25, 0.3) is 0 Å². The maximum absolute atomic E-state index is 5.73. The zero-order valence-electron chi connectivity index (χ0n) is 12.8. The Balaban J connectivity index is 1.45. The van der Waals surface area contributed by atoms with Gasteiger partial charge in [0, 0.05) is 31.0 Å². The van der Waals surface area contributed by atoms with Crippen molar-refractivity contribution in [3.05, 3.63) is 35.8 Å². The Labute approximate surface area is 130 Å². The van der Waals surface area contributed by atoms with E-state index in [1.165, 1.54) is 37.1 Å². The van der Waals surface area contributed by atoms with Crippen LogP contribution in [0.4, 0.5) is 5.82 Å². The Kier molecular flexibility index (Phi) is 3.54. The molecule has 6 nitrogen and oxygen atoms in total. The normalized spacial score (nSPS) is 21.9. The molecule has 0 aromatic carbocycles. The van der Waals surface area contributed by atoms with E-state index in [-0.39, 0.29) is 0 Å². The van der Waals surface area contributed by atoms with Crippen LogP contribution in [0.1, 0.15) is 42.5 Å². The molecule has 6 heteroatoms. The predicted octanol–water partition coefficient (Wildman–Crippen LogP) is 1.58. The minimum absolute atomic E-state index is 0.537. The van der Waals surface area contributed by atoms with E-state index in [4.69, 9.17) is 5.73 Å². The van der Waals surface area contributed by atoms with Crippen molar-refractivity contribution in [2.75, 3.05) is 18.8 Å². The zero-order valence-corrected chi connectivity index (χ0v) is 12.8. The van der Waals surface area contributed by atoms with Crippen molar-refractivity contribution in [2.24, 2.45) is 0 Å². The van der Waals surface area contributed by atoms with Crippen LogP contribution < -0.4 is 5.73 Å². The molecule has 4 rings (SSSR count). The van der Waals surface area contributed by atoms with Crippen molar-refractivity contribution in [3.8, 4) is 0 Å². The maximum atomic E-state index is 5.73. The summed E-state index contributed by atoms with van der Waals surface area (Å²) in [6.45, 7) is 2.90. The van der Waals surface area contributed by atoms with E-state index in [1.54, 1.807) is 12.3 Å². The fourth-order valence-corrected chi connectivity index (χ4v) is 3.68. The monoisotopic (exact) mass is 298 g/mol. The average Bonchev–Trinajstić information content (AvgIpc) is 3.13. The van der Waals surface area contributed by atoms with Crippen LogP contribution in [0.2, 0.25) is 0 Å². The first-order valence-corrected chi connectivity index (χ1v) is 8.14. The van der Waals surface area contributed by atoms with E-state index in [2.05, 4.69) is 30.7 Å². The SMILES string of the molecule is Nc1ccnc(CN2CCC(n3cnc4c3CCCC4)C2)n1.